The maximum absolute atomic E-state index is 13.3. The zero-order valence-corrected chi connectivity index (χ0v) is 26.4. The van der Waals surface area contributed by atoms with E-state index in [1.54, 1.807) is 92.7 Å². The number of thioether (sulfide) groups is 1. The minimum atomic E-state index is -0.487. The number of hydrogen-bond donors (Lipinski definition) is 3. The van der Waals surface area contributed by atoms with Crippen molar-refractivity contribution >= 4 is 68.8 Å². The lowest BCUT2D eigenvalue weighted by Crippen LogP contribution is -2.30. The third-order valence-corrected chi connectivity index (χ3v) is 7.81. The largest absolute Gasteiger partial charge is 0.462 e. The molecule has 224 valence electrons. The van der Waals surface area contributed by atoms with E-state index < -0.39 is 23.0 Å². The van der Waals surface area contributed by atoms with Crippen LogP contribution in [0.1, 0.15) is 40.1 Å². The lowest BCUT2D eigenvalue weighted by atomic mass is 10.1. The molecule has 44 heavy (non-hydrogen) atoms. The Morgan fingerprint density at radius 3 is 2.05 bits per heavy atom. The summed E-state index contributed by atoms with van der Waals surface area (Å²) in [7, 11) is 0. The highest BCUT2D eigenvalue weighted by Crippen LogP contribution is 2.26. The lowest BCUT2D eigenvalue weighted by Gasteiger charge is -2.14. The molecule has 0 fully saturated rings. The second-order valence-electron chi connectivity index (χ2n) is 9.46. The summed E-state index contributed by atoms with van der Waals surface area (Å²) in [6.07, 6.45) is 1.61. The Morgan fingerprint density at radius 1 is 0.795 bits per heavy atom. The number of carbonyl (C=O) groups is 4. The highest BCUT2D eigenvalue weighted by atomic mass is 79.9. The Bertz CT molecular complexity index is 1640. The van der Waals surface area contributed by atoms with Gasteiger partial charge in [-0.2, -0.15) is 0 Å². The summed E-state index contributed by atoms with van der Waals surface area (Å²) in [5, 5.41) is 7.99. The van der Waals surface area contributed by atoms with Crippen molar-refractivity contribution in [3.63, 3.8) is 0 Å². The standard InChI is InChI=1S/C34H30BrN3O5S/c1-3-43-34(42)25-11-15-27(16-12-25)36-31(39)22(2)44-29-19-17-28(18-20-29)37-33(41)30(21-23-9-13-26(35)14-10-23)38-32(40)24-7-5-4-6-8-24/h4-22H,3H2,1-2H3,(H,36,39)(H,37,41)(H,38,40)/b30-21-. The normalized spacial score (nSPS) is 11.7. The van der Waals surface area contributed by atoms with Crippen molar-refractivity contribution in [3.05, 3.63) is 130 Å². The third-order valence-electron chi connectivity index (χ3n) is 6.17. The van der Waals surface area contributed by atoms with Crippen LogP contribution >= 0.6 is 27.7 Å². The molecule has 0 aliphatic carbocycles. The van der Waals surface area contributed by atoms with Crippen LogP contribution in [0.15, 0.2) is 118 Å². The molecule has 0 aromatic heterocycles. The van der Waals surface area contributed by atoms with Gasteiger partial charge in [0.2, 0.25) is 5.91 Å². The van der Waals surface area contributed by atoms with Gasteiger partial charge in [0.05, 0.1) is 17.4 Å². The summed E-state index contributed by atoms with van der Waals surface area (Å²) < 4.78 is 5.87. The van der Waals surface area contributed by atoms with Crippen LogP contribution in [0.4, 0.5) is 11.4 Å². The first-order valence-electron chi connectivity index (χ1n) is 13.7. The van der Waals surface area contributed by atoms with Crippen molar-refractivity contribution in [2.45, 2.75) is 24.0 Å². The summed E-state index contributed by atoms with van der Waals surface area (Å²) >= 11 is 4.76. The first-order chi connectivity index (χ1) is 21.2. The van der Waals surface area contributed by atoms with Crippen LogP contribution < -0.4 is 16.0 Å². The number of anilines is 2. The first kappa shape index (κ1) is 32.2. The summed E-state index contributed by atoms with van der Waals surface area (Å²) in [6, 6.07) is 29.6. The topological polar surface area (TPSA) is 114 Å². The Labute approximate surface area is 268 Å². The average Bonchev–Trinajstić information content (AvgIpc) is 3.03. The van der Waals surface area contributed by atoms with Gasteiger partial charge in [0.15, 0.2) is 0 Å². The van der Waals surface area contributed by atoms with E-state index in [2.05, 4.69) is 31.9 Å². The summed E-state index contributed by atoms with van der Waals surface area (Å²) in [4.78, 5) is 51.5. The highest BCUT2D eigenvalue weighted by Gasteiger charge is 2.17. The fraction of sp³-hybridized carbons (Fsp3) is 0.118. The molecule has 0 saturated carbocycles. The maximum Gasteiger partial charge on any atom is 0.338 e. The number of amides is 3. The molecule has 0 aliphatic rings. The van der Waals surface area contributed by atoms with Crippen molar-refractivity contribution in [1.29, 1.82) is 0 Å². The molecule has 0 radical (unpaired) electrons. The number of benzene rings is 4. The molecule has 0 aliphatic heterocycles. The second-order valence-corrected chi connectivity index (χ2v) is 11.8. The number of halogens is 1. The van der Waals surface area contributed by atoms with E-state index in [4.69, 9.17) is 4.74 Å². The lowest BCUT2D eigenvalue weighted by molar-refractivity contribution is -0.115. The highest BCUT2D eigenvalue weighted by molar-refractivity contribution is 9.10. The number of hydrogen-bond acceptors (Lipinski definition) is 6. The van der Waals surface area contributed by atoms with Crippen molar-refractivity contribution in [1.82, 2.24) is 5.32 Å². The van der Waals surface area contributed by atoms with Crippen LogP contribution in [0.2, 0.25) is 0 Å². The van der Waals surface area contributed by atoms with Crippen molar-refractivity contribution in [2.24, 2.45) is 0 Å². The van der Waals surface area contributed by atoms with Gasteiger partial charge in [-0.1, -0.05) is 46.3 Å². The second kappa shape index (κ2) is 15.7. The van der Waals surface area contributed by atoms with Crippen LogP contribution in [-0.4, -0.2) is 35.5 Å². The molecule has 4 rings (SSSR count). The van der Waals surface area contributed by atoms with E-state index in [0.29, 0.717) is 22.5 Å². The Balaban J connectivity index is 1.38. The fourth-order valence-corrected chi connectivity index (χ4v) is 5.02. The number of esters is 1. The minimum Gasteiger partial charge on any atom is -0.462 e. The molecule has 0 heterocycles. The third kappa shape index (κ3) is 9.42. The SMILES string of the molecule is CCOC(=O)c1ccc(NC(=O)C(C)Sc2ccc(NC(=O)/C(=C/c3ccc(Br)cc3)NC(=O)c3ccccc3)cc2)cc1. The zero-order valence-electron chi connectivity index (χ0n) is 24.0. The monoisotopic (exact) mass is 671 g/mol. The van der Waals surface area contributed by atoms with Gasteiger partial charge in [-0.25, -0.2) is 4.79 Å². The molecule has 4 aromatic carbocycles. The average molecular weight is 673 g/mol. The van der Waals surface area contributed by atoms with Crippen molar-refractivity contribution in [2.75, 3.05) is 17.2 Å². The predicted octanol–water partition coefficient (Wildman–Crippen LogP) is 7.15. The fourth-order valence-electron chi connectivity index (χ4n) is 3.89. The summed E-state index contributed by atoms with van der Waals surface area (Å²) in [6.45, 7) is 3.82. The van der Waals surface area contributed by atoms with E-state index in [1.165, 1.54) is 11.8 Å². The van der Waals surface area contributed by atoms with E-state index in [-0.39, 0.29) is 18.2 Å². The van der Waals surface area contributed by atoms with Crippen molar-refractivity contribution in [3.8, 4) is 0 Å². The van der Waals surface area contributed by atoms with Gasteiger partial charge < -0.3 is 20.7 Å². The maximum atomic E-state index is 13.3. The summed E-state index contributed by atoms with van der Waals surface area (Å²) in [5.74, 6) is -1.51. The molecule has 1 atom stereocenters. The molecule has 1 unspecified atom stereocenters. The van der Waals surface area contributed by atoms with Gasteiger partial charge in [-0.3, -0.25) is 14.4 Å². The van der Waals surface area contributed by atoms with Gasteiger partial charge in [0.1, 0.15) is 5.70 Å². The minimum absolute atomic E-state index is 0.0835. The van der Waals surface area contributed by atoms with Crippen LogP contribution in [-0.2, 0) is 14.3 Å². The molecule has 10 heteroatoms. The molecule has 0 spiro atoms. The van der Waals surface area contributed by atoms with Crippen molar-refractivity contribution < 1.29 is 23.9 Å². The van der Waals surface area contributed by atoms with Crippen LogP contribution in [0.25, 0.3) is 6.08 Å². The van der Waals surface area contributed by atoms with E-state index in [0.717, 1.165) is 14.9 Å². The van der Waals surface area contributed by atoms with Gasteiger partial charge in [0, 0.05) is 26.3 Å². The van der Waals surface area contributed by atoms with Crippen LogP contribution in [0.3, 0.4) is 0 Å². The van der Waals surface area contributed by atoms with Gasteiger partial charge >= 0.3 is 5.97 Å². The van der Waals surface area contributed by atoms with E-state index in [1.807, 2.05) is 30.3 Å². The van der Waals surface area contributed by atoms with E-state index in [9.17, 15) is 19.2 Å². The Morgan fingerprint density at radius 2 is 1.41 bits per heavy atom. The summed E-state index contributed by atoms with van der Waals surface area (Å²) in [5.41, 5.74) is 2.75. The van der Waals surface area contributed by atoms with Gasteiger partial charge in [0.25, 0.3) is 11.8 Å². The zero-order chi connectivity index (χ0) is 31.5. The first-order valence-corrected chi connectivity index (χ1v) is 15.4. The molecular weight excluding hydrogens is 642 g/mol. The smallest absolute Gasteiger partial charge is 0.338 e. The number of nitrogens with one attached hydrogen (secondary N) is 3. The molecule has 0 bridgehead atoms. The quantitative estimate of drug-likeness (QED) is 0.0886. The Kier molecular flexibility index (Phi) is 11.5. The molecule has 0 saturated heterocycles. The predicted molar refractivity (Wildman–Crippen MR) is 177 cm³/mol. The molecule has 3 N–H and O–H groups in total. The Hall–Kier alpha value is -4.67. The van der Waals surface area contributed by atoms with Crippen LogP contribution in [0.5, 0.6) is 0 Å². The van der Waals surface area contributed by atoms with Crippen LogP contribution in [0, 0.1) is 0 Å². The molecule has 3 amide bonds. The number of ether oxygens (including phenoxy) is 1. The molecule has 4 aromatic rings. The van der Waals surface area contributed by atoms with Gasteiger partial charge in [-0.05, 0) is 98.3 Å². The van der Waals surface area contributed by atoms with E-state index >= 15 is 0 Å². The number of rotatable bonds is 11. The van der Waals surface area contributed by atoms with Gasteiger partial charge in [-0.15, -0.1) is 11.8 Å². The molecule has 8 nitrogen and oxygen atoms in total. The number of carbonyl (C=O) groups excluding carboxylic acids is 4. The molecular formula is C34H30BrN3O5S.